The summed E-state index contributed by atoms with van der Waals surface area (Å²) in [5, 5.41) is 6.16. The van der Waals surface area contributed by atoms with Gasteiger partial charge in [-0.3, -0.25) is 9.59 Å². The van der Waals surface area contributed by atoms with Crippen molar-refractivity contribution in [3.05, 3.63) is 42.1 Å². The van der Waals surface area contributed by atoms with Crippen LogP contribution in [-0.4, -0.2) is 50.4 Å². The standard InChI is InChI=1S/C22H23N3O6/c1-25-16-9-14(28-2)10-19(29-3)15(16)11-17(25)22(27)23-12-21(26)24-13-4-5-18-20(8-13)31-7-6-30-18/h4-5,8-11H,6-7,12H2,1-3H3,(H,23,27)(H,24,26). The van der Waals surface area contributed by atoms with Crippen molar-refractivity contribution >= 4 is 28.4 Å². The number of fused-ring (bicyclic) bond motifs is 2. The van der Waals surface area contributed by atoms with Gasteiger partial charge >= 0.3 is 0 Å². The van der Waals surface area contributed by atoms with E-state index in [1.165, 1.54) is 0 Å². The molecule has 162 valence electrons. The normalized spacial score (nSPS) is 12.4. The van der Waals surface area contributed by atoms with Crippen molar-refractivity contribution in [1.82, 2.24) is 9.88 Å². The van der Waals surface area contributed by atoms with Crippen molar-refractivity contribution in [3.63, 3.8) is 0 Å². The third kappa shape index (κ3) is 4.07. The number of anilines is 1. The largest absolute Gasteiger partial charge is 0.497 e. The highest BCUT2D eigenvalue weighted by molar-refractivity contribution is 6.03. The molecule has 1 aliphatic heterocycles. The van der Waals surface area contributed by atoms with E-state index in [0.29, 0.717) is 47.6 Å². The number of rotatable bonds is 6. The molecule has 31 heavy (non-hydrogen) atoms. The van der Waals surface area contributed by atoms with Crippen LogP contribution in [0.25, 0.3) is 10.9 Å². The molecule has 2 heterocycles. The summed E-state index contributed by atoms with van der Waals surface area (Å²) in [6.07, 6.45) is 0. The third-order valence-electron chi connectivity index (χ3n) is 5.02. The summed E-state index contributed by atoms with van der Waals surface area (Å²) in [4.78, 5) is 25.0. The molecule has 0 saturated carbocycles. The average molecular weight is 425 g/mol. The van der Waals surface area contributed by atoms with Crippen molar-refractivity contribution in [2.75, 3.05) is 39.3 Å². The molecule has 9 heteroatoms. The van der Waals surface area contributed by atoms with Gasteiger partial charge in [-0.15, -0.1) is 0 Å². The van der Waals surface area contributed by atoms with Crippen LogP contribution in [-0.2, 0) is 11.8 Å². The van der Waals surface area contributed by atoms with Gasteiger partial charge in [-0.05, 0) is 18.2 Å². The maximum Gasteiger partial charge on any atom is 0.268 e. The molecule has 9 nitrogen and oxygen atoms in total. The molecule has 3 aromatic rings. The van der Waals surface area contributed by atoms with Gasteiger partial charge in [0.1, 0.15) is 30.4 Å². The molecule has 0 atom stereocenters. The molecule has 1 aromatic heterocycles. The Labute approximate surface area is 178 Å². The van der Waals surface area contributed by atoms with Crippen molar-refractivity contribution in [3.8, 4) is 23.0 Å². The van der Waals surface area contributed by atoms with E-state index in [1.807, 2.05) is 6.07 Å². The van der Waals surface area contributed by atoms with Crippen LogP contribution in [0, 0.1) is 0 Å². The van der Waals surface area contributed by atoms with Gasteiger partial charge in [0, 0.05) is 36.3 Å². The van der Waals surface area contributed by atoms with Gasteiger partial charge < -0.3 is 34.1 Å². The number of hydrogen-bond acceptors (Lipinski definition) is 6. The summed E-state index contributed by atoms with van der Waals surface area (Å²) in [6, 6.07) is 10.4. The minimum atomic E-state index is -0.378. The first-order valence-electron chi connectivity index (χ1n) is 9.69. The van der Waals surface area contributed by atoms with Crippen LogP contribution >= 0.6 is 0 Å². The van der Waals surface area contributed by atoms with Crippen LogP contribution in [0.4, 0.5) is 5.69 Å². The topological polar surface area (TPSA) is 100 Å². The van der Waals surface area contributed by atoms with Gasteiger partial charge in [-0.25, -0.2) is 0 Å². The second-order valence-electron chi connectivity index (χ2n) is 6.94. The zero-order chi connectivity index (χ0) is 22.0. The van der Waals surface area contributed by atoms with Gasteiger partial charge in [0.2, 0.25) is 5.91 Å². The summed E-state index contributed by atoms with van der Waals surface area (Å²) in [5.41, 5.74) is 1.74. The number of methoxy groups -OCH3 is 2. The Hall–Kier alpha value is -3.88. The monoisotopic (exact) mass is 425 g/mol. The van der Waals surface area contributed by atoms with E-state index in [1.54, 1.807) is 56.2 Å². The molecule has 0 radical (unpaired) electrons. The fraction of sp³-hybridized carbons (Fsp3) is 0.273. The Kier molecular flexibility index (Phi) is 5.57. The molecular weight excluding hydrogens is 402 g/mol. The lowest BCUT2D eigenvalue weighted by molar-refractivity contribution is -0.115. The second kappa shape index (κ2) is 8.47. The van der Waals surface area contributed by atoms with E-state index in [4.69, 9.17) is 18.9 Å². The highest BCUT2D eigenvalue weighted by atomic mass is 16.6. The summed E-state index contributed by atoms with van der Waals surface area (Å²) >= 11 is 0. The summed E-state index contributed by atoms with van der Waals surface area (Å²) in [5.74, 6) is 1.70. The van der Waals surface area contributed by atoms with Crippen LogP contribution in [0.1, 0.15) is 10.5 Å². The number of carbonyl (C=O) groups is 2. The van der Waals surface area contributed by atoms with Crippen molar-refractivity contribution in [2.24, 2.45) is 7.05 Å². The number of aromatic nitrogens is 1. The van der Waals surface area contributed by atoms with Crippen molar-refractivity contribution in [1.29, 1.82) is 0 Å². The SMILES string of the molecule is COc1cc(OC)c2cc(C(=O)NCC(=O)Nc3ccc4c(c3)OCCO4)n(C)c2c1. The van der Waals surface area contributed by atoms with E-state index in [2.05, 4.69) is 10.6 Å². The number of aryl methyl sites for hydroxylation is 1. The third-order valence-corrected chi connectivity index (χ3v) is 5.02. The van der Waals surface area contributed by atoms with E-state index in [0.717, 1.165) is 10.9 Å². The van der Waals surface area contributed by atoms with Crippen molar-refractivity contribution < 1.29 is 28.5 Å². The smallest absolute Gasteiger partial charge is 0.268 e. The first kappa shape index (κ1) is 20.4. The minimum absolute atomic E-state index is 0.185. The van der Waals surface area contributed by atoms with Gasteiger partial charge in [-0.2, -0.15) is 0 Å². The number of hydrogen-bond donors (Lipinski definition) is 2. The Morgan fingerprint density at radius 3 is 2.55 bits per heavy atom. The van der Waals surface area contributed by atoms with Crippen LogP contribution < -0.4 is 29.6 Å². The predicted molar refractivity (Wildman–Crippen MR) is 114 cm³/mol. The van der Waals surface area contributed by atoms with Crippen molar-refractivity contribution in [2.45, 2.75) is 0 Å². The molecule has 0 aliphatic carbocycles. The van der Waals surface area contributed by atoms with E-state index >= 15 is 0 Å². The molecule has 0 saturated heterocycles. The first-order chi connectivity index (χ1) is 15.0. The molecule has 0 bridgehead atoms. The number of ether oxygens (including phenoxy) is 4. The number of carbonyl (C=O) groups excluding carboxylic acids is 2. The van der Waals surface area contributed by atoms with Crippen LogP contribution in [0.2, 0.25) is 0 Å². The lowest BCUT2D eigenvalue weighted by atomic mass is 10.2. The highest BCUT2D eigenvalue weighted by Gasteiger charge is 2.18. The summed E-state index contributed by atoms with van der Waals surface area (Å²) in [6.45, 7) is 0.773. The Balaban J connectivity index is 1.44. The molecule has 2 N–H and O–H groups in total. The maximum absolute atomic E-state index is 12.7. The van der Waals surface area contributed by atoms with Gasteiger partial charge in [0.15, 0.2) is 11.5 Å². The minimum Gasteiger partial charge on any atom is -0.497 e. The average Bonchev–Trinajstić information content (AvgIpc) is 3.13. The Morgan fingerprint density at radius 1 is 1.03 bits per heavy atom. The van der Waals surface area contributed by atoms with Crippen LogP contribution in [0.5, 0.6) is 23.0 Å². The Bertz CT molecular complexity index is 1150. The van der Waals surface area contributed by atoms with Crippen LogP contribution in [0.15, 0.2) is 36.4 Å². The first-order valence-corrected chi connectivity index (χ1v) is 9.69. The highest BCUT2D eigenvalue weighted by Crippen LogP contribution is 2.34. The summed E-state index contributed by atoms with van der Waals surface area (Å²) < 4.78 is 23.4. The molecule has 0 spiro atoms. The Morgan fingerprint density at radius 2 is 1.81 bits per heavy atom. The zero-order valence-electron chi connectivity index (χ0n) is 17.5. The lowest BCUT2D eigenvalue weighted by Gasteiger charge is -2.19. The molecule has 0 unspecified atom stereocenters. The number of amides is 2. The number of nitrogens with zero attached hydrogens (tertiary/aromatic N) is 1. The molecule has 2 amide bonds. The van der Waals surface area contributed by atoms with Gasteiger partial charge in [0.25, 0.3) is 5.91 Å². The fourth-order valence-electron chi connectivity index (χ4n) is 3.46. The fourth-order valence-corrected chi connectivity index (χ4v) is 3.46. The van der Waals surface area contributed by atoms with E-state index in [9.17, 15) is 9.59 Å². The number of benzene rings is 2. The zero-order valence-corrected chi connectivity index (χ0v) is 17.5. The quantitative estimate of drug-likeness (QED) is 0.629. The van der Waals surface area contributed by atoms with Gasteiger partial charge in [-0.1, -0.05) is 0 Å². The molecule has 2 aromatic carbocycles. The van der Waals surface area contributed by atoms with Gasteiger partial charge in [0.05, 0.1) is 26.3 Å². The molecule has 1 aliphatic rings. The predicted octanol–water partition coefficient (Wildman–Crippen LogP) is 2.34. The van der Waals surface area contributed by atoms with E-state index < -0.39 is 0 Å². The molecular formula is C22H23N3O6. The van der Waals surface area contributed by atoms with Crippen LogP contribution in [0.3, 0.4) is 0 Å². The van der Waals surface area contributed by atoms with E-state index in [-0.39, 0.29) is 18.4 Å². The summed E-state index contributed by atoms with van der Waals surface area (Å²) in [7, 11) is 4.89. The molecule has 0 fully saturated rings. The second-order valence-corrected chi connectivity index (χ2v) is 6.94. The number of nitrogens with one attached hydrogen (secondary N) is 2. The molecule has 4 rings (SSSR count). The maximum atomic E-state index is 12.7. The lowest BCUT2D eigenvalue weighted by Crippen LogP contribution is -2.33.